The van der Waals surface area contributed by atoms with E-state index in [1.807, 2.05) is 0 Å². The van der Waals surface area contributed by atoms with Gasteiger partial charge in [-0.15, -0.1) is 11.8 Å². The number of methoxy groups -OCH3 is 1. The maximum absolute atomic E-state index is 11.8. The summed E-state index contributed by atoms with van der Waals surface area (Å²) in [4.78, 5) is 14.8. The van der Waals surface area contributed by atoms with Gasteiger partial charge in [0.05, 0.1) is 17.7 Å². The van der Waals surface area contributed by atoms with Gasteiger partial charge in [0, 0.05) is 22.9 Å². The molecule has 0 aliphatic rings. The maximum atomic E-state index is 11.8. The fourth-order valence-corrected chi connectivity index (χ4v) is 3.28. The minimum absolute atomic E-state index is 0.412. The van der Waals surface area contributed by atoms with Gasteiger partial charge in [0.15, 0.2) is 0 Å². The molecule has 6 heteroatoms. The molecule has 0 unspecified atom stereocenters. The van der Waals surface area contributed by atoms with E-state index in [0.717, 1.165) is 30.3 Å². The molecule has 1 aromatic carbocycles. The predicted molar refractivity (Wildman–Crippen MR) is 85.7 cm³/mol. The maximum Gasteiger partial charge on any atom is 0.339 e. The zero-order valence-electron chi connectivity index (χ0n) is 12.1. The second-order valence-corrected chi connectivity index (χ2v) is 5.76. The summed E-state index contributed by atoms with van der Waals surface area (Å²) in [7, 11) is 1.35. The molecular formula is C14H21ClN2O2S. The van der Waals surface area contributed by atoms with Crippen LogP contribution in [0.25, 0.3) is 0 Å². The molecule has 20 heavy (non-hydrogen) atoms. The molecule has 1 aromatic rings. The molecule has 0 saturated heterocycles. The number of hydrogen-bond donors (Lipinski definition) is 1. The van der Waals surface area contributed by atoms with Gasteiger partial charge in [0.1, 0.15) is 0 Å². The van der Waals surface area contributed by atoms with Crippen molar-refractivity contribution in [2.45, 2.75) is 18.7 Å². The minimum atomic E-state index is -0.412. The van der Waals surface area contributed by atoms with Crippen molar-refractivity contribution in [3.05, 3.63) is 22.7 Å². The number of ether oxygens (including phenoxy) is 1. The van der Waals surface area contributed by atoms with Crippen LogP contribution in [-0.2, 0) is 4.74 Å². The van der Waals surface area contributed by atoms with Crippen molar-refractivity contribution < 1.29 is 9.53 Å². The Balaban J connectivity index is 2.85. The smallest absolute Gasteiger partial charge is 0.339 e. The molecule has 0 heterocycles. The molecule has 0 atom stereocenters. The summed E-state index contributed by atoms with van der Waals surface area (Å²) in [5.74, 6) is 0.444. The van der Waals surface area contributed by atoms with Gasteiger partial charge in [0.2, 0.25) is 0 Å². The van der Waals surface area contributed by atoms with E-state index in [9.17, 15) is 4.79 Å². The fourth-order valence-electron chi connectivity index (χ4n) is 1.84. The summed E-state index contributed by atoms with van der Waals surface area (Å²) >= 11 is 7.75. The van der Waals surface area contributed by atoms with Crippen LogP contribution in [0, 0.1) is 0 Å². The van der Waals surface area contributed by atoms with Gasteiger partial charge in [-0.05, 0) is 25.2 Å². The minimum Gasteiger partial charge on any atom is -0.465 e. The number of rotatable bonds is 7. The number of carbonyl (C=O) groups is 1. The number of thioether (sulfide) groups is 1. The highest BCUT2D eigenvalue weighted by molar-refractivity contribution is 7.99. The Hall–Kier alpha value is -0.910. The first-order valence-electron chi connectivity index (χ1n) is 6.55. The van der Waals surface area contributed by atoms with E-state index in [1.54, 1.807) is 23.9 Å². The van der Waals surface area contributed by atoms with Crippen LogP contribution < -0.4 is 5.73 Å². The fraction of sp³-hybridized carbons (Fsp3) is 0.500. The highest BCUT2D eigenvalue weighted by atomic mass is 35.5. The number of anilines is 1. The topological polar surface area (TPSA) is 55.6 Å². The van der Waals surface area contributed by atoms with Crippen molar-refractivity contribution in [2.24, 2.45) is 0 Å². The predicted octanol–water partition coefficient (Wildman–Crippen LogP) is 3.14. The lowest BCUT2D eigenvalue weighted by molar-refractivity contribution is 0.0597. The highest BCUT2D eigenvalue weighted by Gasteiger charge is 2.16. The van der Waals surface area contributed by atoms with Crippen LogP contribution in [0.15, 0.2) is 17.0 Å². The summed E-state index contributed by atoms with van der Waals surface area (Å²) in [5, 5.41) is 0.495. The second-order valence-electron chi connectivity index (χ2n) is 4.25. The van der Waals surface area contributed by atoms with Crippen LogP contribution in [0.2, 0.25) is 5.02 Å². The molecule has 0 amide bonds. The Kier molecular flexibility index (Phi) is 7.19. The van der Waals surface area contributed by atoms with Crippen LogP contribution in [-0.4, -0.2) is 43.4 Å². The molecule has 0 bridgehead atoms. The average molecular weight is 317 g/mol. The second kappa shape index (κ2) is 8.39. The first kappa shape index (κ1) is 17.1. The first-order valence-corrected chi connectivity index (χ1v) is 7.92. The summed E-state index contributed by atoms with van der Waals surface area (Å²) in [5.41, 5.74) is 6.63. The van der Waals surface area contributed by atoms with E-state index in [0.29, 0.717) is 16.3 Å². The first-order chi connectivity index (χ1) is 9.53. The largest absolute Gasteiger partial charge is 0.465 e. The number of nitrogens with two attached hydrogens (primary N) is 1. The molecular weight excluding hydrogens is 296 g/mol. The van der Waals surface area contributed by atoms with Gasteiger partial charge in [0.25, 0.3) is 0 Å². The third-order valence-corrected chi connectivity index (χ3v) is 4.54. The molecule has 1 rings (SSSR count). The summed E-state index contributed by atoms with van der Waals surface area (Å²) in [6.07, 6.45) is 0. The molecule has 0 aliphatic heterocycles. The number of nitrogen functional groups attached to an aromatic ring is 1. The van der Waals surface area contributed by atoms with Crippen molar-refractivity contribution in [1.29, 1.82) is 0 Å². The number of benzene rings is 1. The zero-order chi connectivity index (χ0) is 15.1. The van der Waals surface area contributed by atoms with Crippen molar-refractivity contribution >= 4 is 35.0 Å². The molecule has 4 nitrogen and oxygen atoms in total. The Bertz CT molecular complexity index is 465. The lowest BCUT2D eigenvalue weighted by Gasteiger charge is -2.18. The Morgan fingerprint density at radius 1 is 1.40 bits per heavy atom. The number of nitrogens with zero attached hydrogens (tertiary/aromatic N) is 1. The van der Waals surface area contributed by atoms with E-state index in [1.165, 1.54) is 7.11 Å². The van der Waals surface area contributed by atoms with E-state index in [4.69, 9.17) is 22.1 Å². The molecule has 0 radical (unpaired) electrons. The lowest BCUT2D eigenvalue weighted by Crippen LogP contribution is -2.25. The van der Waals surface area contributed by atoms with Crippen LogP contribution in [0.5, 0.6) is 0 Å². The zero-order valence-corrected chi connectivity index (χ0v) is 13.7. The average Bonchev–Trinajstić information content (AvgIpc) is 2.44. The van der Waals surface area contributed by atoms with Crippen LogP contribution in [0.1, 0.15) is 24.2 Å². The van der Waals surface area contributed by atoms with Gasteiger partial charge in [-0.3, -0.25) is 0 Å². The molecule has 0 saturated carbocycles. The van der Waals surface area contributed by atoms with Gasteiger partial charge < -0.3 is 15.4 Å². The van der Waals surface area contributed by atoms with Gasteiger partial charge in [-0.2, -0.15) is 0 Å². The van der Waals surface area contributed by atoms with Crippen molar-refractivity contribution in [2.75, 3.05) is 38.2 Å². The normalized spacial score (nSPS) is 10.8. The third-order valence-electron chi connectivity index (χ3n) is 3.02. The van der Waals surface area contributed by atoms with Gasteiger partial charge in [-0.25, -0.2) is 4.79 Å². The van der Waals surface area contributed by atoms with Crippen molar-refractivity contribution in [3.63, 3.8) is 0 Å². The molecule has 2 N–H and O–H groups in total. The number of esters is 1. The van der Waals surface area contributed by atoms with E-state index < -0.39 is 5.97 Å². The van der Waals surface area contributed by atoms with Crippen LogP contribution >= 0.6 is 23.4 Å². The monoisotopic (exact) mass is 316 g/mol. The summed E-state index contributed by atoms with van der Waals surface area (Å²) in [6, 6.07) is 3.27. The van der Waals surface area contributed by atoms with Crippen LogP contribution in [0.3, 0.4) is 0 Å². The van der Waals surface area contributed by atoms with Crippen LogP contribution in [0.4, 0.5) is 5.69 Å². The Morgan fingerprint density at radius 2 is 2.05 bits per heavy atom. The van der Waals surface area contributed by atoms with E-state index in [-0.39, 0.29) is 0 Å². The molecule has 0 spiro atoms. The van der Waals surface area contributed by atoms with Crippen molar-refractivity contribution in [1.82, 2.24) is 4.90 Å². The molecule has 0 aromatic heterocycles. The Labute approximate surface area is 129 Å². The molecule has 112 valence electrons. The highest BCUT2D eigenvalue weighted by Crippen LogP contribution is 2.33. The summed E-state index contributed by atoms with van der Waals surface area (Å²) < 4.78 is 4.78. The number of carbonyl (C=O) groups excluding carboxylic acids is 1. The standard InChI is InChI=1S/C14H21ClN2O2S/c1-4-17(5-2)6-7-20-13-11(14(18)19-3)8-10(16)9-12(13)15/h8-9H,4-7,16H2,1-3H3. The summed E-state index contributed by atoms with van der Waals surface area (Å²) in [6.45, 7) is 7.22. The van der Waals surface area contributed by atoms with Crippen molar-refractivity contribution in [3.8, 4) is 0 Å². The lowest BCUT2D eigenvalue weighted by atomic mass is 10.2. The van der Waals surface area contributed by atoms with Gasteiger partial charge in [-0.1, -0.05) is 25.4 Å². The molecule has 0 aliphatic carbocycles. The number of hydrogen-bond acceptors (Lipinski definition) is 5. The van der Waals surface area contributed by atoms with Gasteiger partial charge >= 0.3 is 5.97 Å². The SMILES string of the molecule is CCN(CC)CCSc1c(Cl)cc(N)cc1C(=O)OC. The Morgan fingerprint density at radius 3 is 2.60 bits per heavy atom. The third kappa shape index (κ3) is 4.58. The number of halogens is 1. The quantitative estimate of drug-likeness (QED) is 0.476. The van der Waals surface area contributed by atoms with E-state index in [2.05, 4.69) is 18.7 Å². The molecule has 0 fully saturated rings. The van der Waals surface area contributed by atoms with E-state index >= 15 is 0 Å².